The monoisotopic (exact) mass is 260 g/mol. The van der Waals surface area contributed by atoms with E-state index in [4.69, 9.17) is 29.0 Å². The molecular formula is C10H14Cl2N4. The van der Waals surface area contributed by atoms with Crippen molar-refractivity contribution in [3.8, 4) is 0 Å². The number of nitrogens with two attached hydrogens (primary N) is 1. The van der Waals surface area contributed by atoms with Gasteiger partial charge < -0.3 is 10.7 Å². The summed E-state index contributed by atoms with van der Waals surface area (Å²) in [5.41, 5.74) is 2.54. The van der Waals surface area contributed by atoms with Gasteiger partial charge in [0.25, 0.3) is 0 Å². The molecule has 1 aromatic rings. The topological polar surface area (TPSA) is 63.0 Å². The standard InChI is InChI=1S/C10H14Cl2N4/c1-10(3-2-4-10)15-8-6(11)5-7(12)9(14-8)16-13/h5H,2-4,13H2,1H3,(H2,14,15,16). The number of hydrogen-bond donors (Lipinski definition) is 3. The number of halogens is 2. The zero-order chi connectivity index (χ0) is 11.8. The van der Waals surface area contributed by atoms with Crippen molar-refractivity contribution in [2.24, 2.45) is 5.84 Å². The lowest BCUT2D eigenvalue weighted by Crippen LogP contribution is -2.42. The summed E-state index contributed by atoms with van der Waals surface area (Å²) in [4.78, 5) is 4.25. The van der Waals surface area contributed by atoms with Crippen molar-refractivity contribution in [2.75, 3.05) is 10.7 Å². The highest BCUT2D eigenvalue weighted by Crippen LogP contribution is 2.37. The van der Waals surface area contributed by atoms with Crippen molar-refractivity contribution in [1.29, 1.82) is 0 Å². The number of pyridine rings is 1. The number of rotatable bonds is 3. The van der Waals surface area contributed by atoms with E-state index in [9.17, 15) is 0 Å². The van der Waals surface area contributed by atoms with Gasteiger partial charge in [-0.15, -0.1) is 0 Å². The molecule has 0 spiro atoms. The van der Waals surface area contributed by atoms with E-state index in [1.54, 1.807) is 6.07 Å². The molecule has 0 aromatic carbocycles. The minimum absolute atomic E-state index is 0.0936. The molecule has 0 saturated heterocycles. The first-order valence-corrected chi connectivity index (χ1v) is 5.90. The zero-order valence-electron chi connectivity index (χ0n) is 8.98. The Hall–Kier alpha value is -0.710. The van der Waals surface area contributed by atoms with Crippen molar-refractivity contribution < 1.29 is 0 Å². The number of nitrogens with zero attached hydrogens (tertiary/aromatic N) is 1. The number of aromatic nitrogens is 1. The Morgan fingerprint density at radius 1 is 1.31 bits per heavy atom. The molecule has 1 heterocycles. The Kier molecular flexibility index (Phi) is 3.15. The van der Waals surface area contributed by atoms with Crippen LogP contribution in [0.2, 0.25) is 10.0 Å². The fourth-order valence-corrected chi connectivity index (χ4v) is 2.23. The number of hydrazine groups is 1. The quantitative estimate of drug-likeness (QED) is 0.578. The van der Waals surface area contributed by atoms with E-state index in [0.717, 1.165) is 12.8 Å². The molecule has 2 rings (SSSR count). The van der Waals surface area contributed by atoms with Crippen molar-refractivity contribution in [3.63, 3.8) is 0 Å². The van der Waals surface area contributed by atoms with Gasteiger partial charge in [0, 0.05) is 5.54 Å². The Labute approximate surface area is 104 Å². The average molecular weight is 261 g/mol. The second-order valence-electron chi connectivity index (χ2n) is 4.33. The van der Waals surface area contributed by atoms with E-state index in [1.165, 1.54) is 6.42 Å². The summed E-state index contributed by atoms with van der Waals surface area (Å²) in [5.74, 6) is 6.37. The summed E-state index contributed by atoms with van der Waals surface area (Å²) < 4.78 is 0. The molecule has 6 heteroatoms. The molecule has 1 aromatic heterocycles. The third-order valence-corrected chi connectivity index (χ3v) is 3.52. The van der Waals surface area contributed by atoms with Gasteiger partial charge in [-0.25, -0.2) is 10.8 Å². The largest absolute Gasteiger partial charge is 0.364 e. The van der Waals surface area contributed by atoms with Crippen molar-refractivity contribution in [1.82, 2.24) is 4.98 Å². The van der Waals surface area contributed by atoms with Crippen LogP contribution in [-0.2, 0) is 0 Å². The van der Waals surface area contributed by atoms with Gasteiger partial charge in [-0.2, -0.15) is 0 Å². The Morgan fingerprint density at radius 3 is 2.44 bits per heavy atom. The first-order valence-electron chi connectivity index (χ1n) is 5.15. The normalized spacial score (nSPS) is 17.8. The SMILES string of the molecule is CC1(Nc2nc(NN)c(Cl)cc2Cl)CCC1. The van der Waals surface area contributed by atoms with Crippen molar-refractivity contribution in [2.45, 2.75) is 31.7 Å². The molecule has 1 fully saturated rings. The molecule has 1 aliphatic carbocycles. The molecule has 0 atom stereocenters. The van der Waals surface area contributed by atoms with Crippen LogP contribution in [0.25, 0.3) is 0 Å². The fourth-order valence-electron chi connectivity index (χ4n) is 1.77. The summed E-state index contributed by atoms with van der Waals surface area (Å²) in [6.45, 7) is 2.15. The number of nitrogen functional groups attached to an aromatic ring is 1. The Morgan fingerprint density at radius 2 is 1.94 bits per heavy atom. The van der Waals surface area contributed by atoms with Crippen molar-refractivity contribution >= 4 is 34.8 Å². The third-order valence-electron chi connectivity index (χ3n) is 2.94. The van der Waals surface area contributed by atoms with Crippen LogP contribution in [0.5, 0.6) is 0 Å². The Balaban J connectivity index is 2.26. The predicted molar refractivity (Wildman–Crippen MR) is 67.9 cm³/mol. The number of anilines is 2. The average Bonchev–Trinajstić information content (AvgIpc) is 2.19. The van der Waals surface area contributed by atoms with E-state index in [-0.39, 0.29) is 5.54 Å². The van der Waals surface area contributed by atoms with Gasteiger partial charge in [0.05, 0.1) is 10.0 Å². The summed E-state index contributed by atoms with van der Waals surface area (Å²) >= 11 is 12.0. The summed E-state index contributed by atoms with van der Waals surface area (Å²) in [7, 11) is 0. The summed E-state index contributed by atoms with van der Waals surface area (Å²) in [6.07, 6.45) is 3.48. The van der Waals surface area contributed by atoms with E-state index < -0.39 is 0 Å². The van der Waals surface area contributed by atoms with Gasteiger partial charge in [0.15, 0.2) is 5.82 Å². The first-order chi connectivity index (χ1) is 7.54. The van der Waals surface area contributed by atoms with E-state index >= 15 is 0 Å². The zero-order valence-corrected chi connectivity index (χ0v) is 10.5. The van der Waals surface area contributed by atoms with Crippen LogP contribution in [-0.4, -0.2) is 10.5 Å². The fraction of sp³-hybridized carbons (Fsp3) is 0.500. The van der Waals surface area contributed by atoms with Gasteiger partial charge in [0.1, 0.15) is 5.82 Å². The molecule has 0 bridgehead atoms. The van der Waals surface area contributed by atoms with Gasteiger partial charge in [0.2, 0.25) is 0 Å². The maximum atomic E-state index is 6.07. The van der Waals surface area contributed by atoms with Crippen LogP contribution < -0.4 is 16.6 Å². The lowest BCUT2D eigenvalue weighted by molar-refractivity contribution is 0.306. The van der Waals surface area contributed by atoms with Gasteiger partial charge in [-0.05, 0) is 32.3 Å². The van der Waals surface area contributed by atoms with Crippen LogP contribution >= 0.6 is 23.2 Å². The number of nitrogens with one attached hydrogen (secondary N) is 2. The summed E-state index contributed by atoms with van der Waals surface area (Å²) in [6, 6.07) is 1.63. The number of hydrogen-bond acceptors (Lipinski definition) is 4. The van der Waals surface area contributed by atoms with Crippen LogP contribution in [0.3, 0.4) is 0 Å². The molecule has 0 unspecified atom stereocenters. The third kappa shape index (κ3) is 2.19. The predicted octanol–water partition coefficient (Wildman–Crippen LogP) is 3.03. The van der Waals surface area contributed by atoms with Crippen LogP contribution in [0.4, 0.5) is 11.6 Å². The van der Waals surface area contributed by atoms with E-state index in [1.807, 2.05) is 0 Å². The second-order valence-corrected chi connectivity index (χ2v) is 5.15. The maximum Gasteiger partial charge on any atom is 0.161 e. The summed E-state index contributed by atoms with van der Waals surface area (Å²) in [5, 5.41) is 4.25. The van der Waals surface area contributed by atoms with E-state index in [0.29, 0.717) is 21.7 Å². The molecule has 0 amide bonds. The Bertz CT molecular complexity index is 404. The molecule has 16 heavy (non-hydrogen) atoms. The van der Waals surface area contributed by atoms with E-state index in [2.05, 4.69) is 22.7 Å². The lowest BCUT2D eigenvalue weighted by atomic mass is 9.78. The molecule has 4 N–H and O–H groups in total. The minimum Gasteiger partial charge on any atom is -0.364 e. The molecule has 4 nitrogen and oxygen atoms in total. The smallest absolute Gasteiger partial charge is 0.161 e. The highest BCUT2D eigenvalue weighted by molar-refractivity contribution is 6.37. The van der Waals surface area contributed by atoms with Gasteiger partial charge in [-0.1, -0.05) is 23.2 Å². The van der Waals surface area contributed by atoms with Crippen LogP contribution in [0.15, 0.2) is 6.07 Å². The first kappa shape index (κ1) is 11.8. The highest BCUT2D eigenvalue weighted by atomic mass is 35.5. The molecule has 0 radical (unpaired) electrons. The maximum absolute atomic E-state index is 6.07. The minimum atomic E-state index is 0.0936. The molecule has 1 saturated carbocycles. The van der Waals surface area contributed by atoms with Crippen LogP contribution in [0.1, 0.15) is 26.2 Å². The van der Waals surface area contributed by atoms with Gasteiger partial charge in [-0.3, -0.25) is 0 Å². The lowest BCUT2D eigenvalue weighted by Gasteiger charge is -2.39. The van der Waals surface area contributed by atoms with Crippen molar-refractivity contribution in [3.05, 3.63) is 16.1 Å². The molecule has 0 aliphatic heterocycles. The van der Waals surface area contributed by atoms with Gasteiger partial charge >= 0.3 is 0 Å². The molecular weight excluding hydrogens is 247 g/mol. The second kappa shape index (κ2) is 4.28. The molecule has 88 valence electrons. The molecule has 1 aliphatic rings. The highest BCUT2D eigenvalue weighted by Gasteiger charge is 2.32. The van der Waals surface area contributed by atoms with Crippen LogP contribution in [0, 0.1) is 0 Å².